The van der Waals surface area contributed by atoms with E-state index in [1.54, 1.807) is 7.11 Å². The van der Waals surface area contributed by atoms with Crippen molar-refractivity contribution in [2.45, 2.75) is 26.2 Å². The van der Waals surface area contributed by atoms with Crippen molar-refractivity contribution in [3.05, 3.63) is 0 Å². The molecule has 2 heteroatoms. The second-order valence-corrected chi connectivity index (χ2v) is 3.68. The van der Waals surface area contributed by atoms with E-state index in [0.717, 1.165) is 12.5 Å². The third-order valence-corrected chi connectivity index (χ3v) is 2.78. The highest BCUT2D eigenvalue weighted by Crippen LogP contribution is 2.18. The van der Waals surface area contributed by atoms with Crippen molar-refractivity contribution in [1.29, 1.82) is 0 Å². The number of methoxy groups -OCH3 is 1. The minimum atomic E-state index is 0.888. The molecule has 1 rings (SSSR count). The van der Waals surface area contributed by atoms with Crippen LogP contribution in [0.4, 0.5) is 0 Å². The third-order valence-electron chi connectivity index (χ3n) is 2.78. The zero-order valence-corrected chi connectivity index (χ0v) is 8.38. The normalized spacial score (nSPS) is 26.0. The molecule has 0 spiro atoms. The molecule has 0 N–H and O–H groups in total. The summed E-state index contributed by atoms with van der Waals surface area (Å²) in [6, 6.07) is 0. The van der Waals surface area contributed by atoms with Crippen LogP contribution in [0.15, 0.2) is 0 Å². The predicted molar refractivity (Wildman–Crippen MR) is 51.3 cm³/mol. The maximum Gasteiger partial charge on any atom is 0.0465 e. The summed E-state index contributed by atoms with van der Waals surface area (Å²) < 4.78 is 5.09. The minimum absolute atomic E-state index is 0.888. The lowest BCUT2D eigenvalue weighted by Crippen LogP contribution is -2.35. The van der Waals surface area contributed by atoms with Crippen molar-refractivity contribution in [3.63, 3.8) is 0 Å². The maximum atomic E-state index is 5.09. The molecular formula is C10H21NO. The molecule has 0 radical (unpaired) electrons. The highest BCUT2D eigenvalue weighted by molar-refractivity contribution is 4.71. The number of likely N-dealkylation sites (tertiary alicyclic amines) is 1. The Labute approximate surface area is 75.9 Å². The van der Waals surface area contributed by atoms with Gasteiger partial charge in [-0.1, -0.05) is 6.92 Å². The number of hydrogen-bond donors (Lipinski definition) is 0. The van der Waals surface area contributed by atoms with E-state index in [1.165, 1.54) is 38.9 Å². The van der Waals surface area contributed by atoms with E-state index >= 15 is 0 Å². The van der Waals surface area contributed by atoms with Gasteiger partial charge in [0.15, 0.2) is 0 Å². The smallest absolute Gasteiger partial charge is 0.0465 e. The van der Waals surface area contributed by atoms with Gasteiger partial charge in [0.1, 0.15) is 0 Å². The fraction of sp³-hybridized carbons (Fsp3) is 1.00. The molecular weight excluding hydrogens is 150 g/mol. The lowest BCUT2D eigenvalue weighted by atomic mass is 9.95. The Bertz CT molecular complexity index is 116. The van der Waals surface area contributed by atoms with Crippen LogP contribution >= 0.6 is 0 Å². The van der Waals surface area contributed by atoms with Gasteiger partial charge in [0.2, 0.25) is 0 Å². The van der Waals surface area contributed by atoms with Crippen LogP contribution in [0.1, 0.15) is 26.2 Å². The number of piperidine rings is 1. The zero-order chi connectivity index (χ0) is 8.81. The summed E-state index contributed by atoms with van der Waals surface area (Å²) in [5.74, 6) is 0.888. The molecule has 0 aliphatic carbocycles. The van der Waals surface area contributed by atoms with Crippen molar-refractivity contribution in [2.75, 3.05) is 33.4 Å². The molecule has 1 heterocycles. The first-order chi connectivity index (χ1) is 5.86. The standard InChI is InChI=1S/C10H21NO/c1-3-11-7-4-5-10(9-11)6-8-12-2/h10H,3-9H2,1-2H3/t10-/m1/s1. The molecule has 2 nitrogen and oxygen atoms in total. The summed E-state index contributed by atoms with van der Waals surface area (Å²) in [6.45, 7) is 6.99. The first kappa shape index (κ1) is 10.0. The van der Waals surface area contributed by atoms with Gasteiger partial charge >= 0.3 is 0 Å². The van der Waals surface area contributed by atoms with Crippen molar-refractivity contribution in [2.24, 2.45) is 5.92 Å². The van der Waals surface area contributed by atoms with Crippen LogP contribution in [-0.4, -0.2) is 38.3 Å². The van der Waals surface area contributed by atoms with E-state index in [0.29, 0.717) is 0 Å². The van der Waals surface area contributed by atoms with Crippen molar-refractivity contribution in [1.82, 2.24) is 4.90 Å². The van der Waals surface area contributed by atoms with Gasteiger partial charge in [0.05, 0.1) is 0 Å². The second kappa shape index (κ2) is 5.55. The molecule has 12 heavy (non-hydrogen) atoms. The molecule has 1 aliphatic heterocycles. The van der Waals surface area contributed by atoms with E-state index in [2.05, 4.69) is 11.8 Å². The number of rotatable bonds is 4. The van der Waals surface area contributed by atoms with Gasteiger partial charge in [-0.05, 0) is 38.3 Å². The van der Waals surface area contributed by atoms with Crippen LogP contribution in [-0.2, 0) is 4.74 Å². The minimum Gasteiger partial charge on any atom is -0.385 e. The van der Waals surface area contributed by atoms with E-state index < -0.39 is 0 Å². The van der Waals surface area contributed by atoms with E-state index in [-0.39, 0.29) is 0 Å². The Morgan fingerprint density at radius 2 is 2.33 bits per heavy atom. The van der Waals surface area contributed by atoms with Gasteiger partial charge in [-0.15, -0.1) is 0 Å². The maximum absolute atomic E-state index is 5.09. The van der Waals surface area contributed by atoms with Crippen molar-refractivity contribution in [3.8, 4) is 0 Å². The fourth-order valence-corrected chi connectivity index (χ4v) is 1.96. The van der Waals surface area contributed by atoms with Gasteiger partial charge in [-0.25, -0.2) is 0 Å². The average Bonchev–Trinajstić information content (AvgIpc) is 2.15. The van der Waals surface area contributed by atoms with E-state index in [4.69, 9.17) is 4.74 Å². The van der Waals surface area contributed by atoms with Gasteiger partial charge in [0.25, 0.3) is 0 Å². The first-order valence-electron chi connectivity index (χ1n) is 5.08. The quantitative estimate of drug-likeness (QED) is 0.639. The summed E-state index contributed by atoms with van der Waals surface area (Å²) in [5, 5.41) is 0. The van der Waals surface area contributed by atoms with Crippen molar-refractivity contribution < 1.29 is 4.74 Å². The number of ether oxygens (including phenoxy) is 1. The molecule has 72 valence electrons. The van der Waals surface area contributed by atoms with Crippen LogP contribution < -0.4 is 0 Å². The molecule has 0 aromatic heterocycles. The fourth-order valence-electron chi connectivity index (χ4n) is 1.96. The average molecular weight is 171 g/mol. The molecule has 0 amide bonds. The Balaban J connectivity index is 2.16. The largest absolute Gasteiger partial charge is 0.385 e. The highest BCUT2D eigenvalue weighted by Gasteiger charge is 2.17. The van der Waals surface area contributed by atoms with Crippen LogP contribution in [0.25, 0.3) is 0 Å². The van der Waals surface area contributed by atoms with Gasteiger partial charge in [0, 0.05) is 20.3 Å². The predicted octanol–water partition coefficient (Wildman–Crippen LogP) is 1.75. The molecule has 0 aromatic carbocycles. The summed E-state index contributed by atoms with van der Waals surface area (Å²) in [6.07, 6.45) is 4.02. The lowest BCUT2D eigenvalue weighted by Gasteiger charge is -2.31. The monoisotopic (exact) mass is 171 g/mol. The lowest BCUT2D eigenvalue weighted by molar-refractivity contribution is 0.130. The topological polar surface area (TPSA) is 12.5 Å². The van der Waals surface area contributed by atoms with Crippen LogP contribution in [0.5, 0.6) is 0 Å². The van der Waals surface area contributed by atoms with E-state index in [1.807, 2.05) is 0 Å². The second-order valence-electron chi connectivity index (χ2n) is 3.68. The number of hydrogen-bond acceptors (Lipinski definition) is 2. The molecule has 0 aromatic rings. The summed E-state index contributed by atoms with van der Waals surface area (Å²) in [7, 11) is 1.79. The molecule has 1 aliphatic rings. The molecule has 1 atom stereocenters. The molecule has 0 unspecified atom stereocenters. The third kappa shape index (κ3) is 3.11. The summed E-state index contributed by atoms with van der Waals surface area (Å²) in [5.41, 5.74) is 0. The van der Waals surface area contributed by atoms with Crippen LogP contribution in [0.2, 0.25) is 0 Å². The summed E-state index contributed by atoms with van der Waals surface area (Å²) in [4.78, 5) is 2.55. The molecule has 1 fully saturated rings. The van der Waals surface area contributed by atoms with Crippen LogP contribution in [0.3, 0.4) is 0 Å². The Morgan fingerprint density at radius 1 is 1.50 bits per heavy atom. The first-order valence-corrected chi connectivity index (χ1v) is 5.08. The number of nitrogens with zero attached hydrogens (tertiary/aromatic N) is 1. The van der Waals surface area contributed by atoms with Gasteiger partial charge in [-0.2, -0.15) is 0 Å². The SMILES string of the molecule is CCN1CCC[C@H](CCOC)C1. The molecule has 1 saturated heterocycles. The van der Waals surface area contributed by atoms with E-state index in [9.17, 15) is 0 Å². The van der Waals surface area contributed by atoms with Gasteiger partial charge < -0.3 is 9.64 Å². The zero-order valence-electron chi connectivity index (χ0n) is 8.38. The van der Waals surface area contributed by atoms with Gasteiger partial charge in [-0.3, -0.25) is 0 Å². The Kier molecular flexibility index (Phi) is 4.62. The summed E-state index contributed by atoms with van der Waals surface area (Å²) >= 11 is 0. The van der Waals surface area contributed by atoms with Crippen LogP contribution in [0, 0.1) is 5.92 Å². The Hall–Kier alpha value is -0.0800. The molecule has 0 saturated carbocycles. The van der Waals surface area contributed by atoms with Crippen molar-refractivity contribution >= 4 is 0 Å². The highest BCUT2D eigenvalue weighted by atomic mass is 16.5. The Morgan fingerprint density at radius 3 is 3.00 bits per heavy atom. The molecule has 0 bridgehead atoms.